The van der Waals surface area contributed by atoms with E-state index in [1.807, 2.05) is 0 Å². The smallest absolute Gasteiger partial charge is 0.351 e. The molecule has 146 valence electrons. The second-order valence-corrected chi connectivity index (χ2v) is 6.38. The van der Waals surface area contributed by atoms with Gasteiger partial charge in [-0.05, 0) is 30.7 Å². The first-order chi connectivity index (χ1) is 12.4. The van der Waals surface area contributed by atoms with Crippen LogP contribution in [0.2, 0.25) is 0 Å². The highest BCUT2D eigenvalue weighted by atomic mass is 32.2. The van der Waals surface area contributed by atoms with Crippen LogP contribution in [0, 0.1) is 6.92 Å². The fourth-order valence-corrected chi connectivity index (χ4v) is 2.72. The van der Waals surface area contributed by atoms with Gasteiger partial charge in [0.2, 0.25) is 5.91 Å². The van der Waals surface area contributed by atoms with Crippen LogP contribution < -0.4 is 5.32 Å². The van der Waals surface area contributed by atoms with Gasteiger partial charge in [0.25, 0.3) is 0 Å². The molecule has 4 nitrogen and oxygen atoms in total. The van der Waals surface area contributed by atoms with Crippen LogP contribution >= 0.6 is 11.8 Å². The topological polar surface area (TPSA) is 54.9 Å². The minimum absolute atomic E-state index is 0.101. The minimum Gasteiger partial charge on any atom is -0.351 e. The third-order valence-electron chi connectivity index (χ3n) is 3.20. The SMILES string of the molecule is Cc1cc(C(F)(F)F)nc(SCC(=O)NCc2cccc(C(F)(F)F)c2)n1. The molecule has 2 rings (SSSR count). The summed E-state index contributed by atoms with van der Waals surface area (Å²) in [5, 5.41) is 2.19. The lowest BCUT2D eigenvalue weighted by Gasteiger charge is -2.10. The molecule has 0 saturated carbocycles. The van der Waals surface area contributed by atoms with E-state index in [1.54, 1.807) is 0 Å². The van der Waals surface area contributed by atoms with E-state index in [0.29, 0.717) is 11.8 Å². The van der Waals surface area contributed by atoms with E-state index in [4.69, 9.17) is 0 Å². The Bertz CT molecular complexity index is 823. The van der Waals surface area contributed by atoms with Crippen LogP contribution in [0.3, 0.4) is 0 Å². The van der Waals surface area contributed by atoms with Crippen molar-refractivity contribution in [1.82, 2.24) is 15.3 Å². The summed E-state index contributed by atoms with van der Waals surface area (Å²) < 4.78 is 76.1. The minimum atomic E-state index is -4.63. The molecule has 0 fully saturated rings. The van der Waals surface area contributed by atoms with E-state index >= 15 is 0 Å². The summed E-state index contributed by atoms with van der Waals surface area (Å²) in [6.45, 7) is 1.22. The van der Waals surface area contributed by atoms with E-state index in [0.717, 1.165) is 18.2 Å². The Kier molecular flexibility index (Phi) is 6.34. The van der Waals surface area contributed by atoms with Crippen molar-refractivity contribution >= 4 is 17.7 Å². The normalized spacial score (nSPS) is 12.1. The van der Waals surface area contributed by atoms with Gasteiger partial charge in [-0.15, -0.1) is 0 Å². The number of amides is 1. The van der Waals surface area contributed by atoms with Crippen molar-refractivity contribution in [3.63, 3.8) is 0 Å². The van der Waals surface area contributed by atoms with Crippen LogP contribution in [0.5, 0.6) is 0 Å². The fraction of sp³-hybridized carbons (Fsp3) is 0.312. The number of rotatable bonds is 5. The highest BCUT2D eigenvalue weighted by molar-refractivity contribution is 7.99. The largest absolute Gasteiger partial charge is 0.433 e. The second-order valence-electron chi connectivity index (χ2n) is 5.44. The van der Waals surface area contributed by atoms with Crippen LogP contribution in [0.1, 0.15) is 22.5 Å². The predicted octanol–water partition coefficient (Wildman–Crippen LogP) is 4.23. The molecule has 1 aromatic heterocycles. The Hall–Kier alpha value is -2.30. The number of thioether (sulfide) groups is 1. The molecule has 1 heterocycles. The zero-order valence-electron chi connectivity index (χ0n) is 13.8. The molecule has 1 amide bonds. The van der Waals surface area contributed by atoms with E-state index in [9.17, 15) is 31.1 Å². The molecule has 0 aliphatic carbocycles. The van der Waals surface area contributed by atoms with Crippen molar-refractivity contribution in [2.45, 2.75) is 31.0 Å². The van der Waals surface area contributed by atoms with Crippen molar-refractivity contribution < 1.29 is 31.1 Å². The van der Waals surface area contributed by atoms with Crippen LogP contribution in [0.4, 0.5) is 26.3 Å². The lowest BCUT2D eigenvalue weighted by atomic mass is 10.1. The van der Waals surface area contributed by atoms with E-state index < -0.39 is 29.5 Å². The molecule has 1 N–H and O–H groups in total. The van der Waals surface area contributed by atoms with Crippen molar-refractivity contribution in [3.8, 4) is 0 Å². The summed E-state index contributed by atoms with van der Waals surface area (Å²) in [7, 11) is 0. The van der Waals surface area contributed by atoms with Gasteiger partial charge in [0.05, 0.1) is 11.3 Å². The van der Waals surface area contributed by atoms with E-state index in [-0.39, 0.29) is 28.7 Å². The summed E-state index contributed by atoms with van der Waals surface area (Å²) in [4.78, 5) is 19.0. The number of carbonyl (C=O) groups is 1. The number of nitrogens with one attached hydrogen (secondary N) is 1. The van der Waals surface area contributed by atoms with Gasteiger partial charge in [0.1, 0.15) is 5.69 Å². The first-order valence-electron chi connectivity index (χ1n) is 7.43. The van der Waals surface area contributed by atoms with Crippen molar-refractivity contribution in [3.05, 3.63) is 52.8 Å². The van der Waals surface area contributed by atoms with Crippen LogP contribution in [-0.4, -0.2) is 21.6 Å². The van der Waals surface area contributed by atoms with Gasteiger partial charge in [-0.1, -0.05) is 23.9 Å². The van der Waals surface area contributed by atoms with Gasteiger partial charge in [0.15, 0.2) is 5.16 Å². The monoisotopic (exact) mass is 409 g/mol. The number of hydrogen-bond acceptors (Lipinski definition) is 4. The standard InChI is InChI=1S/C16H13F6N3OS/c1-9-5-12(16(20,21)22)25-14(24-9)27-8-13(26)23-7-10-3-2-4-11(6-10)15(17,18)19/h2-6H,7-8H2,1H3,(H,23,26). The van der Waals surface area contributed by atoms with Gasteiger partial charge in [0, 0.05) is 12.2 Å². The number of alkyl halides is 6. The van der Waals surface area contributed by atoms with E-state index in [2.05, 4.69) is 15.3 Å². The second kappa shape index (κ2) is 8.15. The van der Waals surface area contributed by atoms with Crippen LogP contribution in [0.15, 0.2) is 35.5 Å². The Balaban J connectivity index is 1.93. The molecule has 0 atom stereocenters. The first kappa shape index (κ1) is 21.0. The Morgan fingerprint density at radius 1 is 1.07 bits per heavy atom. The number of aromatic nitrogens is 2. The number of nitrogens with zero attached hydrogens (tertiary/aromatic N) is 2. The zero-order chi connectivity index (χ0) is 20.2. The molecule has 27 heavy (non-hydrogen) atoms. The molecule has 0 bridgehead atoms. The average Bonchev–Trinajstić information content (AvgIpc) is 2.56. The summed E-state index contributed by atoms with van der Waals surface area (Å²) in [6.07, 6.45) is -9.12. The van der Waals surface area contributed by atoms with Gasteiger partial charge >= 0.3 is 12.4 Å². The number of hydrogen-bond donors (Lipinski definition) is 1. The number of aryl methyl sites for hydroxylation is 1. The van der Waals surface area contributed by atoms with Crippen molar-refractivity contribution in [2.24, 2.45) is 0 Å². The maximum absolute atomic E-state index is 12.7. The number of benzene rings is 1. The Morgan fingerprint density at radius 3 is 2.41 bits per heavy atom. The maximum Gasteiger partial charge on any atom is 0.433 e. The summed E-state index contributed by atoms with van der Waals surface area (Å²) >= 11 is 0.701. The molecule has 11 heteroatoms. The van der Waals surface area contributed by atoms with Crippen LogP contribution in [0.25, 0.3) is 0 Å². The third-order valence-corrected chi connectivity index (χ3v) is 4.05. The molecular weight excluding hydrogens is 396 g/mol. The summed E-state index contributed by atoms with van der Waals surface area (Å²) in [5.74, 6) is -0.851. The molecule has 0 saturated heterocycles. The van der Waals surface area contributed by atoms with Gasteiger partial charge < -0.3 is 5.32 Å². The number of carbonyl (C=O) groups excluding carboxylic acids is 1. The zero-order valence-corrected chi connectivity index (χ0v) is 14.6. The molecule has 0 unspecified atom stereocenters. The van der Waals surface area contributed by atoms with Gasteiger partial charge in [-0.25, -0.2) is 9.97 Å². The van der Waals surface area contributed by atoms with E-state index in [1.165, 1.54) is 19.1 Å². The fourth-order valence-electron chi connectivity index (χ4n) is 1.99. The highest BCUT2D eigenvalue weighted by Gasteiger charge is 2.33. The summed E-state index contributed by atoms with van der Waals surface area (Å²) in [5.41, 5.74) is -1.60. The molecule has 2 aromatic rings. The van der Waals surface area contributed by atoms with Gasteiger partial charge in [-0.3, -0.25) is 4.79 Å². The average molecular weight is 409 g/mol. The molecule has 0 aliphatic rings. The lowest BCUT2D eigenvalue weighted by Crippen LogP contribution is -2.25. The third kappa shape index (κ3) is 6.42. The van der Waals surface area contributed by atoms with Crippen molar-refractivity contribution in [1.29, 1.82) is 0 Å². The molecule has 0 spiro atoms. The Labute approximate surface area is 154 Å². The highest BCUT2D eigenvalue weighted by Crippen LogP contribution is 2.30. The van der Waals surface area contributed by atoms with Crippen molar-refractivity contribution in [2.75, 3.05) is 5.75 Å². The molecule has 1 aromatic carbocycles. The summed E-state index contributed by atoms with van der Waals surface area (Å²) in [6, 6.07) is 5.25. The quantitative estimate of drug-likeness (QED) is 0.456. The Morgan fingerprint density at radius 2 is 1.78 bits per heavy atom. The van der Waals surface area contributed by atoms with Gasteiger partial charge in [-0.2, -0.15) is 26.3 Å². The molecule has 0 radical (unpaired) electrons. The lowest BCUT2D eigenvalue weighted by molar-refractivity contribution is -0.141. The maximum atomic E-state index is 12.7. The van der Waals surface area contributed by atoms with Crippen LogP contribution in [-0.2, 0) is 23.7 Å². The predicted molar refractivity (Wildman–Crippen MR) is 85.8 cm³/mol. The number of halogens is 6. The molecular formula is C16H13F6N3OS. The first-order valence-corrected chi connectivity index (χ1v) is 8.42. The molecule has 0 aliphatic heterocycles.